The standard InChI is InChI=1S/C18H16.C4H5N.C4H4S/c1-3-7-15-13(5-1)9-11-18-16-8-4-2-6-14(16)10-12-17(15)18;2*1-2-4-5-3-1/h1,3,5,7,9-12H,2,4,6,8H2;1-5H;1-4H. The molecule has 3 aromatic carbocycles. The Balaban J connectivity index is 0.000000157. The van der Waals surface area contributed by atoms with Crippen LogP contribution < -0.4 is 0 Å². The lowest BCUT2D eigenvalue weighted by Gasteiger charge is -2.18. The van der Waals surface area contributed by atoms with Gasteiger partial charge in [-0.2, -0.15) is 11.3 Å². The molecule has 0 fully saturated rings. The van der Waals surface area contributed by atoms with Crippen molar-refractivity contribution in [2.24, 2.45) is 0 Å². The van der Waals surface area contributed by atoms with Crippen molar-refractivity contribution in [3.63, 3.8) is 0 Å². The monoisotopic (exact) mass is 383 g/mol. The van der Waals surface area contributed by atoms with Crippen LogP contribution in [0.25, 0.3) is 21.5 Å². The zero-order valence-electron chi connectivity index (χ0n) is 16.0. The van der Waals surface area contributed by atoms with Gasteiger partial charge in [-0.05, 0) is 81.2 Å². The van der Waals surface area contributed by atoms with Gasteiger partial charge in [0.1, 0.15) is 0 Å². The summed E-state index contributed by atoms with van der Waals surface area (Å²) < 4.78 is 0. The van der Waals surface area contributed by atoms with Gasteiger partial charge in [0.2, 0.25) is 0 Å². The van der Waals surface area contributed by atoms with Crippen molar-refractivity contribution in [3.05, 3.63) is 107 Å². The van der Waals surface area contributed by atoms with Crippen LogP contribution in [0.15, 0.2) is 96.0 Å². The summed E-state index contributed by atoms with van der Waals surface area (Å²) in [6.07, 6.45) is 8.97. The summed E-state index contributed by atoms with van der Waals surface area (Å²) in [5.74, 6) is 0. The predicted octanol–water partition coefficient (Wildman–Crippen LogP) is 7.63. The topological polar surface area (TPSA) is 15.8 Å². The van der Waals surface area contributed by atoms with Crippen LogP contribution in [-0.4, -0.2) is 4.98 Å². The van der Waals surface area contributed by atoms with Gasteiger partial charge in [-0.1, -0.05) is 60.7 Å². The number of rotatable bonds is 0. The maximum atomic E-state index is 2.86. The number of aromatic nitrogens is 1. The summed E-state index contributed by atoms with van der Waals surface area (Å²) in [7, 11) is 0. The smallest absolute Gasteiger partial charge is 0.000496 e. The van der Waals surface area contributed by atoms with E-state index < -0.39 is 0 Å². The second-order valence-corrected chi connectivity index (χ2v) is 7.79. The van der Waals surface area contributed by atoms with Gasteiger partial charge in [-0.25, -0.2) is 0 Å². The molecule has 0 saturated carbocycles. The van der Waals surface area contributed by atoms with E-state index in [0.29, 0.717) is 0 Å². The molecule has 1 N–H and O–H groups in total. The molecule has 28 heavy (non-hydrogen) atoms. The second kappa shape index (κ2) is 9.38. The number of hydrogen-bond acceptors (Lipinski definition) is 1. The van der Waals surface area contributed by atoms with Crippen LogP contribution in [0, 0.1) is 0 Å². The summed E-state index contributed by atoms with van der Waals surface area (Å²) >= 11 is 1.71. The van der Waals surface area contributed by atoms with Gasteiger partial charge in [0.15, 0.2) is 0 Å². The van der Waals surface area contributed by atoms with E-state index in [1.807, 2.05) is 47.4 Å². The van der Waals surface area contributed by atoms with E-state index in [0.717, 1.165) is 0 Å². The molecule has 0 atom stereocenters. The molecule has 2 heterocycles. The SMILES string of the molecule is c1cc[nH]c1.c1ccc2c(c1)ccc1c3c(ccc12)CCCC3.c1ccsc1. The minimum absolute atomic E-state index is 1.25. The maximum absolute atomic E-state index is 2.86. The third-order valence-corrected chi connectivity index (χ3v) is 5.81. The van der Waals surface area contributed by atoms with Crippen molar-refractivity contribution in [3.8, 4) is 0 Å². The normalized spacial score (nSPS) is 12.4. The number of hydrogen-bond donors (Lipinski definition) is 1. The third-order valence-electron chi connectivity index (χ3n) is 5.18. The van der Waals surface area contributed by atoms with Gasteiger partial charge in [-0.15, -0.1) is 0 Å². The Bertz CT molecular complexity index is 1050. The molecule has 1 nitrogen and oxygen atoms in total. The van der Waals surface area contributed by atoms with Crippen molar-refractivity contribution in [1.82, 2.24) is 4.98 Å². The summed E-state index contributed by atoms with van der Waals surface area (Å²) in [6.45, 7) is 0. The largest absolute Gasteiger partial charge is 0.368 e. The number of benzene rings is 3. The summed E-state index contributed by atoms with van der Waals surface area (Å²) in [6, 6.07) is 25.9. The van der Waals surface area contributed by atoms with Gasteiger partial charge in [-0.3, -0.25) is 0 Å². The first-order chi connectivity index (χ1) is 13.9. The highest BCUT2D eigenvalue weighted by Gasteiger charge is 2.13. The predicted molar refractivity (Wildman–Crippen MR) is 123 cm³/mol. The van der Waals surface area contributed by atoms with E-state index in [1.54, 1.807) is 22.5 Å². The second-order valence-electron chi connectivity index (χ2n) is 6.97. The molecule has 2 aromatic heterocycles. The molecule has 0 spiro atoms. The zero-order chi connectivity index (χ0) is 19.0. The highest BCUT2D eigenvalue weighted by atomic mass is 32.1. The van der Waals surface area contributed by atoms with Crippen molar-refractivity contribution < 1.29 is 0 Å². The van der Waals surface area contributed by atoms with E-state index in [2.05, 4.69) is 53.5 Å². The molecule has 0 bridgehead atoms. The molecule has 0 unspecified atom stereocenters. The van der Waals surface area contributed by atoms with Crippen LogP contribution in [0.3, 0.4) is 0 Å². The van der Waals surface area contributed by atoms with Crippen LogP contribution in [0.4, 0.5) is 0 Å². The van der Waals surface area contributed by atoms with Gasteiger partial charge >= 0.3 is 0 Å². The summed E-state index contributed by atoms with van der Waals surface area (Å²) in [5, 5.41) is 9.73. The number of H-pyrrole nitrogens is 1. The minimum Gasteiger partial charge on any atom is -0.368 e. The number of aromatic amines is 1. The third kappa shape index (κ3) is 4.35. The molecule has 6 rings (SSSR count). The molecule has 0 radical (unpaired) electrons. The lowest BCUT2D eigenvalue weighted by atomic mass is 9.86. The summed E-state index contributed by atoms with van der Waals surface area (Å²) in [5.41, 5.74) is 3.17. The van der Waals surface area contributed by atoms with Crippen LogP contribution in [0.2, 0.25) is 0 Å². The van der Waals surface area contributed by atoms with Crippen LogP contribution in [-0.2, 0) is 12.8 Å². The Kier molecular flexibility index (Phi) is 6.21. The number of nitrogens with one attached hydrogen (secondary N) is 1. The van der Waals surface area contributed by atoms with E-state index in [4.69, 9.17) is 0 Å². The highest BCUT2D eigenvalue weighted by Crippen LogP contribution is 2.33. The molecule has 1 aliphatic rings. The molecule has 5 aromatic rings. The molecule has 1 aliphatic carbocycles. The fourth-order valence-electron chi connectivity index (χ4n) is 3.85. The molecular weight excluding hydrogens is 358 g/mol. The van der Waals surface area contributed by atoms with Crippen LogP contribution >= 0.6 is 11.3 Å². The summed E-state index contributed by atoms with van der Waals surface area (Å²) in [4.78, 5) is 2.86. The van der Waals surface area contributed by atoms with E-state index in [9.17, 15) is 0 Å². The van der Waals surface area contributed by atoms with Gasteiger partial charge < -0.3 is 4.98 Å². The molecule has 0 aliphatic heterocycles. The van der Waals surface area contributed by atoms with Crippen molar-refractivity contribution in [2.75, 3.05) is 0 Å². The highest BCUT2D eigenvalue weighted by molar-refractivity contribution is 7.07. The Labute approximate surface area is 170 Å². The number of fused-ring (bicyclic) bond motifs is 5. The lowest BCUT2D eigenvalue weighted by Crippen LogP contribution is -2.02. The first kappa shape index (κ1) is 18.5. The minimum atomic E-state index is 1.25. The van der Waals surface area contributed by atoms with Gasteiger partial charge in [0.25, 0.3) is 0 Å². The Hall–Kier alpha value is -2.84. The van der Waals surface area contributed by atoms with Gasteiger partial charge in [0, 0.05) is 12.4 Å². The maximum Gasteiger partial charge on any atom is 0.000496 e. The number of thiophene rings is 1. The van der Waals surface area contributed by atoms with E-state index in [-0.39, 0.29) is 0 Å². The Morgan fingerprint density at radius 1 is 0.607 bits per heavy atom. The Morgan fingerprint density at radius 2 is 1.36 bits per heavy atom. The average Bonchev–Trinajstić information content (AvgIpc) is 3.52. The molecular formula is C26H25NS. The molecule has 2 heteroatoms. The van der Waals surface area contributed by atoms with E-state index >= 15 is 0 Å². The van der Waals surface area contributed by atoms with Crippen LogP contribution in [0.5, 0.6) is 0 Å². The zero-order valence-corrected chi connectivity index (χ0v) is 16.8. The lowest BCUT2D eigenvalue weighted by molar-refractivity contribution is 0.690. The average molecular weight is 384 g/mol. The van der Waals surface area contributed by atoms with Crippen molar-refractivity contribution >= 4 is 32.9 Å². The van der Waals surface area contributed by atoms with Gasteiger partial charge in [0.05, 0.1) is 0 Å². The first-order valence-electron chi connectivity index (χ1n) is 9.90. The van der Waals surface area contributed by atoms with Crippen LogP contribution in [0.1, 0.15) is 24.0 Å². The Morgan fingerprint density at radius 3 is 2.07 bits per heavy atom. The fourth-order valence-corrected chi connectivity index (χ4v) is 4.30. The fraction of sp³-hybridized carbons (Fsp3) is 0.154. The quantitative estimate of drug-likeness (QED) is 0.264. The van der Waals surface area contributed by atoms with Crippen molar-refractivity contribution in [2.45, 2.75) is 25.7 Å². The molecule has 140 valence electrons. The van der Waals surface area contributed by atoms with E-state index in [1.165, 1.54) is 47.2 Å². The molecule has 0 saturated heterocycles. The first-order valence-corrected chi connectivity index (χ1v) is 10.8. The van der Waals surface area contributed by atoms with Crippen molar-refractivity contribution in [1.29, 1.82) is 0 Å². The number of aryl methyl sites for hydroxylation is 2. The molecule has 0 amide bonds.